The van der Waals surface area contributed by atoms with Crippen molar-refractivity contribution in [3.05, 3.63) is 41.8 Å². The molecule has 0 saturated heterocycles. The lowest BCUT2D eigenvalue weighted by Crippen LogP contribution is -2.31. The molecule has 2 aromatic rings. The monoisotopic (exact) mass is 330 g/mol. The van der Waals surface area contributed by atoms with Crippen LogP contribution in [0.2, 0.25) is 0 Å². The fourth-order valence-electron chi connectivity index (χ4n) is 2.82. The number of fused-ring (bicyclic) bond motifs is 1. The van der Waals surface area contributed by atoms with Crippen LogP contribution >= 0.6 is 0 Å². The fraction of sp³-hybridized carbons (Fsp3) is 0.353. The summed E-state index contributed by atoms with van der Waals surface area (Å²) in [6, 6.07) is 5.93. The minimum absolute atomic E-state index is 0.0297. The Balaban J connectivity index is 1.86. The summed E-state index contributed by atoms with van der Waals surface area (Å²) in [7, 11) is 0. The molecule has 3 rings (SSSR count). The molecule has 2 atom stereocenters. The average molecular weight is 330 g/mol. The molecule has 2 amide bonds. The molecule has 1 aliphatic rings. The maximum absolute atomic E-state index is 13.4. The van der Waals surface area contributed by atoms with Crippen molar-refractivity contribution in [2.24, 2.45) is 0 Å². The number of carbonyl (C=O) groups excluding carboxylic acids is 2. The second-order valence-electron chi connectivity index (χ2n) is 5.94. The number of nitrogens with one attached hydrogen (secondary N) is 2. The molecule has 2 N–H and O–H groups in total. The molecule has 0 saturated carbocycles. The predicted octanol–water partition coefficient (Wildman–Crippen LogP) is 3.06. The quantitative estimate of drug-likeness (QED) is 0.904. The number of carbonyl (C=O) groups is 2. The largest absolute Gasteiger partial charge is 0.326 e. The van der Waals surface area contributed by atoms with Crippen LogP contribution in [0, 0.1) is 5.82 Å². The van der Waals surface area contributed by atoms with E-state index in [0.29, 0.717) is 17.1 Å². The van der Waals surface area contributed by atoms with Crippen LogP contribution in [-0.4, -0.2) is 21.6 Å². The van der Waals surface area contributed by atoms with Gasteiger partial charge in [-0.25, -0.2) is 9.07 Å². The molecule has 6 nitrogen and oxygen atoms in total. The van der Waals surface area contributed by atoms with Crippen LogP contribution in [0.3, 0.4) is 0 Å². The number of benzene rings is 1. The van der Waals surface area contributed by atoms with Crippen LogP contribution in [-0.2, 0) is 9.59 Å². The third-order valence-corrected chi connectivity index (χ3v) is 4.30. The molecule has 1 aromatic carbocycles. The van der Waals surface area contributed by atoms with Crippen LogP contribution < -0.4 is 10.6 Å². The van der Waals surface area contributed by atoms with Gasteiger partial charge in [-0.3, -0.25) is 9.59 Å². The molecule has 2 unspecified atom stereocenters. The summed E-state index contributed by atoms with van der Waals surface area (Å²) in [5.74, 6) is -1.13. The first-order valence-corrected chi connectivity index (χ1v) is 7.93. The lowest BCUT2D eigenvalue weighted by Gasteiger charge is -2.25. The number of hydrogen-bond acceptors (Lipinski definition) is 3. The molecule has 0 bridgehead atoms. The normalized spacial score (nSPS) is 17.8. The Morgan fingerprint density at radius 1 is 1.50 bits per heavy atom. The minimum atomic E-state index is -0.658. The second kappa shape index (κ2) is 6.43. The van der Waals surface area contributed by atoms with Gasteiger partial charge >= 0.3 is 0 Å². The number of halogens is 1. The van der Waals surface area contributed by atoms with Gasteiger partial charge in [0.1, 0.15) is 11.6 Å². The van der Waals surface area contributed by atoms with E-state index in [2.05, 4.69) is 15.7 Å². The van der Waals surface area contributed by atoms with Gasteiger partial charge in [-0.15, -0.1) is 0 Å². The number of amides is 2. The van der Waals surface area contributed by atoms with Crippen LogP contribution in [0.15, 0.2) is 30.5 Å². The predicted molar refractivity (Wildman–Crippen MR) is 88.2 cm³/mol. The first-order chi connectivity index (χ1) is 11.5. The molecule has 1 aliphatic heterocycles. The molecule has 1 aromatic heterocycles. The average Bonchev–Trinajstić information content (AvgIpc) is 3.00. The fourth-order valence-corrected chi connectivity index (χ4v) is 2.82. The van der Waals surface area contributed by atoms with E-state index in [1.54, 1.807) is 23.0 Å². The van der Waals surface area contributed by atoms with Crippen molar-refractivity contribution in [1.82, 2.24) is 9.78 Å². The molecular weight excluding hydrogens is 311 g/mol. The Labute approximate surface area is 139 Å². The molecule has 24 heavy (non-hydrogen) atoms. The standard InChI is InChI=1S/C17H19FN4O2/c1-3-10(2)22-15(6-7-19-22)21-17(24)13-9-16(23)20-14-8-11(18)4-5-12(13)14/h4-8,10,13H,3,9H2,1-2H3,(H,20,23)(H,21,24). The van der Waals surface area contributed by atoms with E-state index in [9.17, 15) is 14.0 Å². The summed E-state index contributed by atoms with van der Waals surface area (Å²) in [6.45, 7) is 4.04. The van der Waals surface area contributed by atoms with Gasteiger partial charge in [-0.05, 0) is 31.0 Å². The number of hydrogen-bond donors (Lipinski definition) is 2. The highest BCUT2D eigenvalue weighted by Crippen LogP contribution is 2.33. The highest BCUT2D eigenvalue weighted by Gasteiger charge is 2.31. The summed E-state index contributed by atoms with van der Waals surface area (Å²) in [5, 5.41) is 9.68. The minimum Gasteiger partial charge on any atom is -0.326 e. The highest BCUT2D eigenvalue weighted by molar-refractivity contribution is 6.04. The molecule has 7 heteroatoms. The zero-order valence-electron chi connectivity index (χ0n) is 13.5. The summed E-state index contributed by atoms with van der Waals surface area (Å²) >= 11 is 0. The molecule has 0 aliphatic carbocycles. The van der Waals surface area contributed by atoms with Crippen LogP contribution in [0.25, 0.3) is 0 Å². The van der Waals surface area contributed by atoms with Gasteiger partial charge in [0.2, 0.25) is 11.8 Å². The van der Waals surface area contributed by atoms with E-state index < -0.39 is 11.7 Å². The van der Waals surface area contributed by atoms with Gasteiger partial charge < -0.3 is 10.6 Å². The van der Waals surface area contributed by atoms with E-state index >= 15 is 0 Å². The van der Waals surface area contributed by atoms with Gasteiger partial charge in [0.05, 0.1) is 18.2 Å². The number of rotatable bonds is 4. The smallest absolute Gasteiger partial charge is 0.233 e. The van der Waals surface area contributed by atoms with Crippen LogP contribution in [0.1, 0.15) is 44.2 Å². The van der Waals surface area contributed by atoms with E-state index in [1.165, 1.54) is 12.1 Å². The van der Waals surface area contributed by atoms with Crippen LogP contribution in [0.4, 0.5) is 15.9 Å². The lowest BCUT2D eigenvalue weighted by atomic mass is 9.89. The van der Waals surface area contributed by atoms with Gasteiger partial charge in [-0.2, -0.15) is 5.10 Å². The van der Waals surface area contributed by atoms with Gasteiger partial charge in [0, 0.05) is 18.2 Å². The first-order valence-electron chi connectivity index (χ1n) is 7.93. The van der Waals surface area contributed by atoms with Crippen LogP contribution in [0.5, 0.6) is 0 Å². The maximum atomic E-state index is 13.4. The van der Waals surface area contributed by atoms with Crippen molar-refractivity contribution in [3.63, 3.8) is 0 Å². The molecule has 126 valence electrons. The topological polar surface area (TPSA) is 76.0 Å². The summed E-state index contributed by atoms with van der Waals surface area (Å²) in [4.78, 5) is 24.5. The zero-order valence-corrected chi connectivity index (χ0v) is 13.5. The molecule has 0 fully saturated rings. The molecule has 0 radical (unpaired) electrons. The Bertz CT molecular complexity index is 787. The number of anilines is 2. The lowest BCUT2D eigenvalue weighted by molar-refractivity contribution is -0.123. The van der Waals surface area contributed by atoms with Crippen molar-refractivity contribution in [3.8, 4) is 0 Å². The second-order valence-corrected chi connectivity index (χ2v) is 5.94. The summed E-state index contributed by atoms with van der Waals surface area (Å²) in [5.41, 5.74) is 0.963. The summed E-state index contributed by atoms with van der Waals surface area (Å²) < 4.78 is 15.1. The Kier molecular flexibility index (Phi) is 4.33. The zero-order chi connectivity index (χ0) is 17.3. The van der Waals surface area contributed by atoms with E-state index in [4.69, 9.17) is 0 Å². The third kappa shape index (κ3) is 3.02. The van der Waals surface area contributed by atoms with Crippen molar-refractivity contribution in [2.45, 2.75) is 38.6 Å². The highest BCUT2D eigenvalue weighted by atomic mass is 19.1. The molecular formula is C17H19FN4O2. The Hall–Kier alpha value is -2.70. The first kappa shape index (κ1) is 16.2. The molecule has 0 spiro atoms. The Morgan fingerprint density at radius 3 is 3.04 bits per heavy atom. The van der Waals surface area contributed by atoms with E-state index in [-0.39, 0.29) is 24.3 Å². The van der Waals surface area contributed by atoms with Gasteiger partial charge in [0.15, 0.2) is 0 Å². The number of nitrogens with zero attached hydrogens (tertiary/aromatic N) is 2. The summed E-state index contributed by atoms with van der Waals surface area (Å²) in [6.07, 6.45) is 2.53. The van der Waals surface area contributed by atoms with Crippen molar-refractivity contribution in [2.75, 3.05) is 10.6 Å². The van der Waals surface area contributed by atoms with Crippen molar-refractivity contribution < 1.29 is 14.0 Å². The number of aromatic nitrogens is 2. The Morgan fingerprint density at radius 2 is 2.29 bits per heavy atom. The van der Waals surface area contributed by atoms with Crippen molar-refractivity contribution >= 4 is 23.3 Å². The maximum Gasteiger partial charge on any atom is 0.233 e. The van der Waals surface area contributed by atoms with E-state index in [0.717, 1.165) is 6.42 Å². The van der Waals surface area contributed by atoms with E-state index in [1.807, 2.05) is 13.8 Å². The molecule has 2 heterocycles. The van der Waals surface area contributed by atoms with Gasteiger partial charge in [0.25, 0.3) is 0 Å². The van der Waals surface area contributed by atoms with Crippen molar-refractivity contribution in [1.29, 1.82) is 0 Å². The SMILES string of the molecule is CCC(C)n1nccc1NC(=O)C1CC(=O)Nc2cc(F)ccc21. The van der Waals surface area contributed by atoms with Gasteiger partial charge in [-0.1, -0.05) is 13.0 Å². The third-order valence-electron chi connectivity index (χ3n) is 4.30.